The third-order valence-electron chi connectivity index (χ3n) is 3.24. The van der Waals surface area contributed by atoms with Crippen molar-refractivity contribution in [2.45, 2.75) is 46.3 Å². The van der Waals surface area contributed by atoms with Crippen LogP contribution in [0.15, 0.2) is 21.6 Å². The summed E-state index contributed by atoms with van der Waals surface area (Å²) in [6.07, 6.45) is 1.20. The number of hydrogen-bond donors (Lipinski definition) is 1. The average molecular weight is 355 g/mol. The van der Waals surface area contributed by atoms with Gasteiger partial charge in [-0.05, 0) is 48.9 Å². The number of amidine groups is 1. The van der Waals surface area contributed by atoms with Gasteiger partial charge in [-0.1, -0.05) is 48.5 Å². The summed E-state index contributed by atoms with van der Waals surface area (Å²) in [6.45, 7) is 12.0. The maximum absolute atomic E-state index is 4.64. The Hall–Kier alpha value is -0.480. The van der Waals surface area contributed by atoms with Gasteiger partial charge in [0.2, 0.25) is 0 Å². The summed E-state index contributed by atoms with van der Waals surface area (Å²) in [5, 5.41) is 5.12. The summed E-state index contributed by atoms with van der Waals surface area (Å²) >= 11 is 5.48. The maximum atomic E-state index is 4.64. The summed E-state index contributed by atoms with van der Waals surface area (Å²) in [5.74, 6) is 0. The van der Waals surface area contributed by atoms with Gasteiger partial charge in [0.25, 0.3) is 0 Å². The fourth-order valence-electron chi connectivity index (χ4n) is 2.42. The Labute approximate surface area is 135 Å². The molecule has 1 unspecified atom stereocenters. The first kappa shape index (κ1) is 15.9. The standard InChI is InChI=1S/C16H23BrN2S/c1-10-6-12(7-11(2)14(10)17)19-15-18-9-13(20-15)8-16(3,4)5/h6-7,13H,8-9H2,1-5H3,(H,18,19). The molecule has 1 atom stereocenters. The van der Waals surface area contributed by atoms with Gasteiger partial charge in [0, 0.05) is 15.4 Å². The molecule has 0 aliphatic carbocycles. The van der Waals surface area contributed by atoms with Gasteiger partial charge in [-0.25, -0.2) is 0 Å². The van der Waals surface area contributed by atoms with Crippen LogP contribution in [0.3, 0.4) is 0 Å². The van der Waals surface area contributed by atoms with Gasteiger partial charge in [0.15, 0.2) is 5.17 Å². The molecule has 1 aromatic rings. The minimum absolute atomic E-state index is 0.368. The number of aliphatic imine (C=N–C) groups is 1. The summed E-state index contributed by atoms with van der Waals surface area (Å²) in [6, 6.07) is 4.33. The molecule has 1 aromatic carbocycles. The van der Waals surface area contributed by atoms with Crippen molar-refractivity contribution in [2.75, 3.05) is 11.9 Å². The molecule has 1 heterocycles. The lowest BCUT2D eigenvalue weighted by Gasteiger charge is -2.21. The van der Waals surface area contributed by atoms with E-state index in [-0.39, 0.29) is 0 Å². The van der Waals surface area contributed by atoms with Crippen LogP contribution in [0.2, 0.25) is 0 Å². The van der Waals surface area contributed by atoms with Gasteiger partial charge in [-0.2, -0.15) is 0 Å². The Morgan fingerprint density at radius 1 is 1.30 bits per heavy atom. The molecule has 0 saturated heterocycles. The molecule has 0 aromatic heterocycles. The Bertz CT molecular complexity index is 509. The molecule has 0 amide bonds. The Kier molecular flexibility index (Phi) is 4.85. The first-order valence-corrected chi connectivity index (χ1v) is 8.67. The minimum atomic E-state index is 0.368. The van der Waals surface area contributed by atoms with E-state index in [0.29, 0.717) is 10.7 Å². The van der Waals surface area contributed by atoms with Crippen molar-refractivity contribution in [1.82, 2.24) is 0 Å². The zero-order valence-electron chi connectivity index (χ0n) is 12.9. The summed E-state index contributed by atoms with van der Waals surface area (Å²) < 4.78 is 1.19. The van der Waals surface area contributed by atoms with Gasteiger partial charge in [-0.3, -0.25) is 4.99 Å². The van der Waals surface area contributed by atoms with Crippen molar-refractivity contribution in [3.63, 3.8) is 0 Å². The number of hydrogen-bond acceptors (Lipinski definition) is 3. The highest BCUT2D eigenvalue weighted by atomic mass is 79.9. The first-order valence-electron chi connectivity index (χ1n) is 6.99. The van der Waals surface area contributed by atoms with Crippen LogP contribution >= 0.6 is 27.7 Å². The van der Waals surface area contributed by atoms with Crippen LogP contribution in [0.1, 0.15) is 38.3 Å². The van der Waals surface area contributed by atoms with Crippen LogP contribution in [0.5, 0.6) is 0 Å². The van der Waals surface area contributed by atoms with Crippen LogP contribution in [0, 0.1) is 19.3 Å². The van der Waals surface area contributed by atoms with Crippen LogP contribution in [-0.4, -0.2) is 17.0 Å². The molecule has 0 fully saturated rings. The second-order valence-electron chi connectivity index (χ2n) is 6.70. The van der Waals surface area contributed by atoms with E-state index in [1.807, 2.05) is 11.8 Å². The number of benzene rings is 1. The number of anilines is 1. The van der Waals surface area contributed by atoms with Crippen molar-refractivity contribution in [3.05, 3.63) is 27.7 Å². The minimum Gasteiger partial charge on any atom is -0.335 e. The lowest BCUT2D eigenvalue weighted by atomic mass is 9.90. The third-order valence-corrected chi connectivity index (χ3v) is 5.60. The van der Waals surface area contributed by atoms with Crippen molar-refractivity contribution < 1.29 is 0 Å². The maximum Gasteiger partial charge on any atom is 0.161 e. The Balaban J connectivity index is 1.99. The predicted molar refractivity (Wildman–Crippen MR) is 95.0 cm³/mol. The quantitative estimate of drug-likeness (QED) is 0.770. The van der Waals surface area contributed by atoms with Crippen LogP contribution in [0.25, 0.3) is 0 Å². The topological polar surface area (TPSA) is 24.4 Å². The monoisotopic (exact) mass is 354 g/mol. The molecule has 20 heavy (non-hydrogen) atoms. The Morgan fingerprint density at radius 3 is 2.45 bits per heavy atom. The summed E-state index contributed by atoms with van der Waals surface area (Å²) in [7, 11) is 0. The molecule has 0 radical (unpaired) electrons. The fraction of sp³-hybridized carbons (Fsp3) is 0.562. The van der Waals surface area contributed by atoms with E-state index in [1.165, 1.54) is 22.0 Å². The smallest absolute Gasteiger partial charge is 0.161 e. The lowest BCUT2D eigenvalue weighted by molar-refractivity contribution is 0.375. The van der Waals surface area contributed by atoms with Gasteiger partial charge in [0.1, 0.15) is 0 Å². The second-order valence-corrected chi connectivity index (χ2v) is 8.78. The molecule has 1 aliphatic rings. The first-order chi connectivity index (χ1) is 9.24. The van der Waals surface area contributed by atoms with Gasteiger partial charge in [-0.15, -0.1) is 0 Å². The van der Waals surface area contributed by atoms with E-state index < -0.39 is 0 Å². The molecular weight excluding hydrogens is 332 g/mol. The van der Waals surface area contributed by atoms with Crippen molar-refractivity contribution in [3.8, 4) is 0 Å². The second kappa shape index (κ2) is 6.10. The highest BCUT2D eigenvalue weighted by molar-refractivity contribution is 9.10. The number of thioether (sulfide) groups is 1. The van der Waals surface area contributed by atoms with E-state index >= 15 is 0 Å². The molecule has 1 aliphatic heterocycles. The average Bonchev–Trinajstić information content (AvgIpc) is 2.70. The highest BCUT2D eigenvalue weighted by Gasteiger charge is 2.25. The Morgan fingerprint density at radius 2 is 1.90 bits per heavy atom. The molecule has 0 spiro atoms. The van der Waals surface area contributed by atoms with E-state index in [2.05, 4.69) is 73.0 Å². The number of nitrogens with one attached hydrogen (secondary N) is 1. The van der Waals surface area contributed by atoms with Crippen LogP contribution < -0.4 is 5.32 Å². The van der Waals surface area contributed by atoms with Crippen LogP contribution in [-0.2, 0) is 0 Å². The normalized spacial score (nSPS) is 19.1. The molecule has 1 N–H and O–H groups in total. The highest BCUT2D eigenvalue weighted by Crippen LogP contribution is 2.33. The predicted octanol–water partition coefficient (Wildman–Crippen LogP) is 5.39. The molecule has 0 bridgehead atoms. The third kappa shape index (κ3) is 4.26. The summed E-state index contributed by atoms with van der Waals surface area (Å²) in [4.78, 5) is 4.64. The number of nitrogens with zero attached hydrogens (tertiary/aromatic N) is 1. The van der Waals surface area contributed by atoms with E-state index in [9.17, 15) is 0 Å². The summed E-state index contributed by atoms with van der Waals surface area (Å²) in [5.41, 5.74) is 4.00. The van der Waals surface area contributed by atoms with Gasteiger partial charge >= 0.3 is 0 Å². The molecule has 110 valence electrons. The number of halogens is 1. The van der Waals surface area contributed by atoms with Crippen molar-refractivity contribution >= 4 is 38.5 Å². The zero-order valence-corrected chi connectivity index (χ0v) is 15.3. The SMILES string of the molecule is Cc1cc(NC2=NCC(CC(C)(C)C)S2)cc(C)c1Br. The fourth-order valence-corrected chi connectivity index (χ4v) is 4.02. The number of rotatable bonds is 2. The van der Waals surface area contributed by atoms with Crippen LogP contribution in [0.4, 0.5) is 5.69 Å². The van der Waals surface area contributed by atoms with Crippen molar-refractivity contribution in [1.29, 1.82) is 0 Å². The van der Waals surface area contributed by atoms with E-state index in [0.717, 1.165) is 17.4 Å². The van der Waals surface area contributed by atoms with E-state index in [1.54, 1.807) is 0 Å². The van der Waals surface area contributed by atoms with Crippen molar-refractivity contribution in [2.24, 2.45) is 10.4 Å². The van der Waals surface area contributed by atoms with Gasteiger partial charge < -0.3 is 5.32 Å². The molecule has 2 rings (SSSR count). The zero-order chi connectivity index (χ0) is 14.9. The van der Waals surface area contributed by atoms with E-state index in [4.69, 9.17) is 0 Å². The molecule has 0 saturated carbocycles. The molecule has 2 nitrogen and oxygen atoms in total. The molecule has 4 heteroatoms. The number of aryl methyl sites for hydroxylation is 2. The molecular formula is C16H23BrN2S. The van der Waals surface area contributed by atoms with Gasteiger partial charge in [0.05, 0.1) is 6.54 Å². The largest absolute Gasteiger partial charge is 0.335 e. The lowest BCUT2D eigenvalue weighted by Crippen LogP contribution is -2.16.